The molecule has 0 aromatic rings. The molecule has 0 saturated carbocycles. The average molecular weight is 171 g/mol. The van der Waals surface area contributed by atoms with Gasteiger partial charge in [0.05, 0.1) is 0 Å². The van der Waals surface area contributed by atoms with Gasteiger partial charge in [-0.2, -0.15) is 0 Å². The number of carbonyl (C=O) groups excluding carboxylic acids is 1. The van der Waals surface area contributed by atoms with Crippen LogP contribution in [0.3, 0.4) is 0 Å². The van der Waals surface area contributed by atoms with E-state index in [1.54, 1.807) is 0 Å². The number of hydrogen-bond acceptors (Lipinski definition) is 2. The van der Waals surface area contributed by atoms with Crippen molar-refractivity contribution in [3.8, 4) is 0 Å². The molecule has 0 bridgehead atoms. The first-order chi connectivity index (χ1) is 5.83. The van der Waals surface area contributed by atoms with Crippen molar-refractivity contribution >= 4 is 6.03 Å². The molecule has 0 aromatic heterocycles. The van der Waals surface area contributed by atoms with E-state index in [2.05, 4.69) is 16.0 Å². The Labute approximate surface area is 73.1 Å². The number of amides is 2. The van der Waals surface area contributed by atoms with Gasteiger partial charge in [0.25, 0.3) is 0 Å². The molecular formula is C8H17N3O. The van der Waals surface area contributed by atoms with Crippen LogP contribution in [0, 0.1) is 0 Å². The molecule has 70 valence electrons. The van der Waals surface area contributed by atoms with Crippen molar-refractivity contribution in [1.82, 2.24) is 16.0 Å². The third kappa shape index (κ3) is 3.09. The molecule has 1 heterocycles. The van der Waals surface area contributed by atoms with Gasteiger partial charge in [0.2, 0.25) is 0 Å². The lowest BCUT2D eigenvalue weighted by Gasteiger charge is -2.23. The zero-order valence-electron chi connectivity index (χ0n) is 7.52. The summed E-state index contributed by atoms with van der Waals surface area (Å²) in [7, 11) is 0. The molecule has 0 radical (unpaired) electrons. The van der Waals surface area contributed by atoms with Crippen LogP contribution >= 0.6 is 0 Å². The maximum Gasteiger partial charge on any atom is 0.315 e. The molecule has 1 fully saturated rings. The predicted octanol–water partition coefficient (Wildman–Crippen LogP) is 0.0575. The van der Waals surface area contributed by atoms with Crippen molar-refractivity contribution in [2.75, 3.05) is 19.6 Å². The summed E-state index contributed by atoms with van der Waals surface area (Å²) in [6.45, 7) is 4.58. The highest BCUT2D eigenvalue weighted by Gasteiger charge is 2.13. The van der Waals surface area contributed by atoms with Gasteiger partial charge in [-0.15, -0.1) is 0 Å². The highest BCUT2D eigenvalue weighted by Crippen LogP contribution is 2.00. The van der Waals surface area contributed by atoms with Gasteiger partial charge in [-0.25, -0.2) is 4.79 Å². The van der Waals surface area contributed by atoms with E-state index in [1.807, 2.05) is 6.92 Å². The summed E-state index contributed by atoms with van der Waals surface area (Å²) in [5.74, 6) is 0. The molecule has 1 aliphatic rings. The zero-order chi connectivity index (χ0) is 8.81. The van der Waals surface area contributed by atoms with Crippen LogP contribution in [0.4, 0.5) is 4.79 Å². The lowest BCUT2D eigenvalue weighted by molar-refractivity contribution is 0.234. The Kier molecular flexibility index (Phi) is 3.87. The molecule has 1 atom stereocenters. The largest absolute Gasteiger partial charge is 0.338 e. The predicted molar refractivity (Wildman–Crippen MR) is 48.1 cm³/mol. The van der Waals surface area contributed by atoms with E-state index < -0.39 is 0 Å². The van der Waals surface area contributed by atoms with Gasteiger partial charge in [0.15, 0.2) is 0 Å². The maximum atomic E-state index is 11.1. The van der Waals surface area contributed by atoms with Gasteiger partial charge in [-0.1, -0.05) is 0 Å². The van der Waals surface area contributed by atoms with Crippen molar-refractivity contribution in [2.45, 2.75) is 25.8 Å². The molecule has 1 rings (SSSR count). The van der Waals surface area contributed by atoms with E-state index >= 15 is 0 Å². The van der Waals surface area contributed by atoms with Gasteiger partial charge in [0, 0.05) is 19.1 Å². The molecule has 3 N–H and O–H groups in total. The molecule has 2 amide bonds. The van der Waals surface area contributed by atoms with E-state index in [0.717, 1.165) is 25.9 Å². The van der Waals surface area contributed by atoms with E-state index in [-0.39, 0.29) is 6.03 Å². The highest BCUT2D eigenvalue weighted by atomic mass is 16.2. The van der Waals surface area contributed by atoms with Gasteiger partial charge in [0.1, 0.15) is 0 Å². The molecular weight excluding hydrogens is 154 g/mol. The first kappa shape index (κ1) is 9.32. The van der Waals surface area contributed by atoms with E-state index in [1.165, 1.54) is 0 Å². The van der Waals surface area contributed by atoms with Crippen LogP contribution in [-0.2, 0) is 0 Å². The summed E-state index contributed by atoms with van der Waals surface area (Å²) in [4.78, 5) is 11.1. The van der Waals surface area contributed by atoms with Crippen LogP contribution in [0.5, 0.6) is 0 Å². The summed E-state index contributed by atoms with van der Waals surface area (Å²) in [6, 6.07) is 0.261. The number of urea groups is 1. The first-order valence-electron chi connectivity index (χ1n) is 4.58. The summed E-state index contributed by atoms with van der Waals surface area (Å²) in [6.07, 6.45) is 2.24. The van der Waals surface area contributed by atoms with E-state index in [4.69, 9.17) is 0 Å². The van der Waals surface area contributed by atoms with Crippen molar-refractivity contribution in [3.05, 3.63) is 0 Å². The summed E-state index contributed by atoms with van der Waals surface area (Å²) < 4.78 is 0. The molecule has 0 unspecified atom stereocenters. The molecule has 1 aliphatic heterocycles. The fraction of sp³-hybridized carbons (Fsp3) is 0.875. The van der Waals surface area contributed by atoms with Gasteiger partial charge >= 0.3 is 6.03 Å². The summed E-state index contributed by atoms with van der Waals surface area (Å²) >= 11 is 0. The molecule has 4 heteroatoms. The van der Waals surface area contributed by atoms with Crippen LogP contribution in [0.2, 0.25) is 0 Å². The Bertz CT molecular complexity index is 143. The zero-order valence-corrected chi connectivity index (χ0v) is 7.52. The number of nitrogens with one attached hydrogen (secondary N) is 3. The number of rotatable bonds is 2. The van der Waals surface area contributed by atoms with Crippen molar-refractivity contribution in [2.24, 2.45) is 0 Å². The van der Waals surface area contributed by atoms with E-state index in [0.29, 0.717) is 12.6 Å². The second kappa shape index (κ2) is 4.98. The van der Waals surface area contributed by atoms with Crippen LogP contribution < -0.4 is 16.0 Å². The fourth-order valence-corrected chi connectivity index (χ4v) is 1.37. The van der Waals surface area contributed by atoms with Gasteiger partial charge in [-0.3, -0.25) is 0 Å². The normalized spacial score (nSPS) is 23.2. The Balaban J connectivity index is 2.15. The minimum atomic E-state index is -0.0498. The second-order valence-electron chi connectivity index (χ2n) is 3.05. The smallest absolute Gasteiger partial charge is 0.315 e. The van der Waals surface area contributed by atoms with E-state index in [9.17, 15) is 4.79 Å². The molecule has 0 spiro atoms. The quantitative estimate of drug-likeness (QED) is 0.550. The topological polar surface area (TPSA) is 53.2 Å². The number of carbonyl (C=O) groups is 1. The SMILES string of the molecule is CCNC(=O)N[C@H]1CCCNC1. The first-order valence-corrected chi connectivity index (χ1v) is 4.58. The maximum absolute atomic E-state index is 11.1. The van der Waals surface area contributed by atoms with Gasteiger partial charge < -0.3 is 16.0 Å². The minimum absolute atomic E-state index is 0.0498. The Morgan fingerprint density at radius 1 is 1.67 bits per heavy atom. The second-order valence-corrected chi connectivity index (χ2v) is 3.05. The third-order valence-corrected chi connectivity index (χ3v) is 1.97. The fourth-order valence-electron chi connectivity index (χ4n) is 1.37. The summed E-state index contributed by atoms with van der Waals surface area (Å²) in [5.41, 5.74) is 0. The third-order valence-electron chi connectivity index (χ3n) is 1.97. The van der Waals surface area contributed by atoms with Crippen molar-refractivity contribution in [1.29, 1.82) is 0 Å². The molecule has 12 heavy (non-hydrogen) atoms. The van der Waals surface area contributed by atoms with Crippen LogP contribution in [0.15, 0.2) is 0 Å². The number of hydrogen-bond donors (Lipinski definition) is 3. The van der Waals surface area contributed by atoms with Crippen LogP contribution in [-0.4, -0.2) is 31.7 Å². The monoisotopic (exact) mass is 171 g/mol. The minimum Gasteiger partial charge on any atom is -0.338 e. The van der Waals surface area contributed by atoms with Crippen LogP contribution in [0.25, 0.3) is 0 Å². The average Bonchev–Trinajstić information content (AvgIpc) is 2.06. The van der Waals surface area contributed by atoms with Gasteiger partial charge in [-0.05, 0) is 26.3 Å². The lowest BCUT2D eigenvalue weighted by Crippen LogP contribution is -2.49. The highest BCUT2D eigenvalue weighted by molar-refractivity contribution is 5.74. The lowest BCUT2D eigenvalue weighted by atomic mass is 10.1. The summed E-state index contributed by atoms with van der Waals surface area (Å²) in [5, 5.41) is 8.86. The standard InChI is InChI=1S/C8H17N3O/c1-2-10-8(12)11-7-4-3-5-9-6-7/h7,9H,2-6H2,1H3,(H2,10,11,12)/t7-/m0/s1. The van der Waals surface area contributed by atoms with Crippen molar-refractivity contribution < 1.29 is 4.79 Å². The Morgan fingerprint density at radius 2 is 2.50 bits per heavy atom. The Morgan fingerprint density at radius 3 is 3.08 bits per heavy atom. The number of piperidine rings is 1. The van der Waals surface area contributed by atoms with Crippen LogP contribution in [0.1, 0.15) is 19.8 Å². The Hall–Kier alpha value is -0.770. The molecule has 0 aliphatic carbocycles. The molecule has 0 aromatic carbocycles. The molecule has 1 saturated heterocycles. The molecule has 4 nitrogen and oxygen atoms in total. The van der Waals surface area contributed by atoms with Crippen molar-refractivity contribution in [3.63, 3.8) is 0 Å².